The number of ketones is 2. The van der Waals surface area contributed by atoms with Crippen molar-refractivity contribution in [2.75, 3.05) is 0 Å². The van der Waals surface area contributed by atoms with E-state index in [-0.39, 0.29) is 33.8 Å². The molecule has 0 saturated heterocycles. The van der Waals surface area contributed by atoms with Crippen molar-refractivity contribution in [1.29, 1.82) is 0 Å². The van der Waals surface area contributed by atoms with E-state index in [0.29, 0.717) is 8.95 Å². The molecule has 0 fully saturated rings. The van der Waals surface area contributed by atoms with Crippen LogP contribution in [0.25, 0.3) is 0 Å². The Balaban J connectivity index is 2.43. The van der Waals surface area contributed by atoms with Gasteiger partial charge in [-0.1, -0.05) is 0 Å². The van der Waals surface area contributed by atoms with Gasteiger partial charge >= 0.3 is 0 Å². The number of halogens is 2. The number of aromatic hydroxyl groups is 2. The lowest BCUT2D eigenvalue weighted by molar-refractivity contribution is 0.0973. The van der Waals surface area contributed by atoms with Crippen molar-refractivity contribution >= 4 is 43.4 Å². The highest BCUT2D eigenvalue weighted by atomic mass is 79.9. The Morgan fingerprint density at radius 2 is 1.30 bits per heavy atom. The molecule has 6 heteroatoms. The summed E-state index contributed by atoms with van der Waals surface area (Å²) in [5, 5.41) is 19.7. The third kappa shape index (κ3) is 1.65. The van der Waals surface area contributed by atoms with Crippen molar-refractivity contribution in [3.63, 3.8) is 0 Å². The average molecular weight is 398 g/mol. The van der Waals surface area contributed by atoms with Gasteiger partial charge in [0.05, 0.1) is 11.1 Å². The van der Waals surface area contributed by atoms with Crippen molar-refractivity contribution in [1.82, 2.24) is 0 Å². The zero-order valence-corrected chi connectivity index (χ0v) is 12.9. The van der Waals surface area contributed by atoms with Crippen LogP contribution in [0.4, 0.5) is 0 Å². The fourth-order valence-corrected chi connectivity index (χ4v) is 3.12. The number of carbonyl (C=O) groups excluding carboxylic acids is 2. The molecule has 0 heterocycles. The Kier molecular flexibility index (Phi) is 2.95. The Morgan fingerprint density at radius 3 is 1.90 bits per heavy atom. The van der Waals surface area contributed by atoms with Gasteiger partial charge in [-0.05, 0) is 56.1 Å². The Morgan fingerprint density at radius 1 is 0.750 bits per heavy atom. The molecule has 0 radical (unpaired) electrons. The third-order valence-electron chi connectivity index (χ3n) is 3.18. The monoisotopic (exact) mass is 396 g/mol. The van der Waals surface area contributed by atoms with E-state index in [4.69, 9.17) is 0 Å². The lowest BCUT2D eigenvalue weighted by Crippen LogP contribution is -2.21. The predicted molar refractivity (Wildman–Crippen MR) is 78.5 cm³/mol. The number of hydrogen-bond acceptors (Lipinski definition) is 4. The number of benzene rings is 2. The summed E-state index contributed by atoms with van der Waals surface area (Å²) in [6, 6.07) is 5.53. The van der Waals surface area contributed by atoms with Gasteiger partial charge in [0, 0.05) is 20.1 Å². The molecule has 0 aromatic heterocycles. The van der Waals surface area contributed by atoms with E-state index in [1.165, 1.54) is 18.2 Å². The quantitative estimate of drug-likeness (QED) is 0.570. The van der Waals surface area contributed by atoms with E-state index >= 15 is 0 Å². The molecular weight excluding hydrogens is 392 g/mol. The molecule has 0 bridgehead atoms. The highest BCUT2D eigenvalue weighted by Crippen LogP contribution is 2.41. The van der Waals surface area contributed by atoms with E-state index in [1.54, 1.807) is 6.07 Å². The first kappa shape index (κ1) is 13.3. The summed E-state index contributed by atoms with van der Waals surface area (Å²) < 4.78 is 1.07. The van der Waals surface area contributed by atoms with Crippen LogP contribution in [-0.4, -0.2) is 21.8 Å². The van der Waals surface area contributed by atoms with Gasteiger partial charge in [-0.3, -0.25) is 9.59 Å². The molecule has 0 atom stereocenters. The van der Waals surface area contributed by atoms with Crippen molar-refractivity contribution < 1.29 is 19.8 Å². The van der Waals surface area contributed by atoms with Crippen LogP contribution in [-0.2, 0) is 0 Å². The average Bonchev–Trinajstić information content (AvgIpc) is 2.41. The first-order valence-electron chi connectivity index (χ1n) is 5.55. The lowest BCUT2D eigenvalue weighted by Gasteiger charge is -2.20. The predicted octanol–water partition coefficient (Wildman–Crippen LogP) is 3.40. The Bertz CT molecular complexity index is 792. The van der Waals surface area contributed by atoms with Gasteiger partial charge in [-0.15, -0.1) is 0 Å². The van der Waals surface area contributed by atoms with Crippen molar-refractivity contribution in [3.8, 4) is 11.5 Å². The topological polar surface area (TPSA) is 74.6 Å². The van der Waals surface area contributed by atoms with Crippen molar-refractivity contribution in [2.24, 2.45) is 0 Å². The van der Waals surface area contributed by atoms with Gasteiger partial charge in [0.25, 0.3) is 0 Å². The van der Waals surface area contributed by atoms with Crippen LogP contribution in [0, 0.1) is 0 Å². The summed E-state index contributed by atoms with van der Waals surface area (Å²) in [4.78, 5) is 25.0. The number of rotatable bonds is 0. The van der Waals surface area contributed by atoms with Gasteiger partial charge in [-0.2, -0.15) is 0 Å². The number of phenols is 2. The Labute approximate surface area is 130 Å². The minimum absolute atomic E-state index is 0.156. The maximum absolute atomic E-state index is 12.5. The first-order chi connectivity index (χ1) is 9.43. The lowest BCUT2D eigenvalue weighted by atomic mass is 9.83. The molecule has 4 nitrogen and oxygen atoms in total. The Hall–Kier alpha value is -1.66. The number of hydrogen-bond donors (Lipinski definition) is 2. The normalized spacial score (nSPS) is 13.1. The maximum Gasteiger partial charge on any atom is 0.199 e. The maximum atomic E-state index is 12.5. The smallest absolute Gasteiger partial charge is 0.199 e. The van der Waals surface area contributed by atoms with Crippen LogP contribution in [0.1, 0.15) is 31.8 Å². The second kappa shape index (κ2) is 4.43. The van der Waals surface area contributed by atoms with Gasteiger partial charge in [0.1, 0.15) is 11.5 Å². The number of fused-ring (bicyclic) bond motifs is 2. The van der Waals surface area contributed by atoms with Gasteiger partial charge in [0.2, 0.25) is 0 Å². The summed E-state index contributed by atoms with van der Waals surface area (Å²) in [5.74, 6) is -1.64. The van der Waals surface area contributed by atoms with E-state index in [0.717, 1.165) is 0 Å². The minimum Gasteiger partial charge on any atom is -0.507 e. The molecule has 0 spiro atoms. The van der Waals surface area contributed by atoms with E-state index in [9.17, 15) is 19.8 Å². The summed E-state index contributed by atoms with van der Waals surface area (Å²) >= 11 is 6.54. The second-order valence-electron chi connectivity index (χ2n) is 4.30. The zero-order valence-electron chi connectivity index (χ0n) is 9.78. The highest BCUT2D eigenvalue weighted by Gasteiger charge is 2.36. The number of phenolic OH excluding ortho intramolecular Hbond substituents is 2. The standard InChI is InChI=1S/C14H6Br2O4/c15-6-2-1-5-9(12(6)16)14(20)11-8(18)4-3-7(17)10(11)13(5)19/h1-4,17-18H. The van der Waals surface area contributed by atoms with Crippen LogP contribution in [0.3, 0.4) is 0 Å². The molecule has 0 amide bonds. The van der Waals surface area contributed by atoms with Crippen LogP contribution >= 0.6 is 31.9 Å². The fraction of sp³-hybridized carbons (Fsp3) is 0. The highest BCUT2D eigenvalue weighted by molar-refractivity contribution is 9.13. The summed E-state index contributed by atoms with van der Waals surface area (Å²) in [6.07, 6.45) is 0. The molecule has 2 aromatic rings. The van der Waals surface area contributed by atoms with Crippen molar-refractivity contribution in [3.05, 3.63) is 55.5 Å². The van der Waals surface area contributed by atoms with E-state index in [2.05, 4.69) is 31.9 Å². The molecule has 20 heavy (non-hydrogen) atoms. The molecule has 1 aliphatic carbocycles. The largest absolute Gasteiger partial charge is 0.507 e. The molecule has 0 aliphatic heterocycles. The molecule has 2 N–H and O–H groups in total. The second-order valence-corrected chi connectivity index (χ2v) is 5.94. The zero-order chi connectivity index (χ0) is 14.6. The van der Waals surface area contributed by atoms with Crippen molar-refractivity contribution in [2.45, 2.75) is 0 Å². The molecule has 1 aliphatic rings. The van der Waals surface area contributed by atoms with Gasteiger partial charge < -0.3 is 10.2 Å². The molecule has 0 saturated carbocycles. The first-order valence-corrected chi connectivity index (χ1v) is 7.14. The molecular formula is C14H6Br2O4. The third-order valence-corrected chi connectivity index (χ3v) is 5.20. The summed E-state index contributed by atoms with van der Waals surface area (Å²) in [5.41, 5.74) is 0.0503. The molecule has 3 rings (SSSR count). The van der Waals surface area contributed by atoms with Crippen LogP contribution in [0.15, 0.2) is 33.2 Å². The van der Waals surface area contributed by atoms with Crippen LogP contribution in [0.2, 0.25) is 0 Å². The van der Waals surface area contributed by atoms with Gasteiger partial charge in [0.15, 0.2) is 11.6 Å². The number of carbonyl (C=O) groups is 2. The SMILES string of the molecule is O=C1c2ccc(Br)c(Br)c2C(=O)c2c(O)ccc(O)c21. The van der Waals surface area contributed by atoms with E-state index in [1.807, 2.05) is 0 Å². The van der Waals surface area contributed by atoms with Crippen LogP contribution < -0.4 is 0 Å². The van der Waals surface area contributed by atoms with E-state index < -0.39 is 11.6 Å². The van der Waals surface area contributed by atoms with Crippen LogP contribution in [0.5, 0.6) is 11.5 Å². The molecule has 0 unspecified atom stereocenters. The fourth-order valence-electron chi connectivity index (χ4n) is 2.26. The minimum atomic E-state index is -0.504. The van der Waals surface area contributed by atoms with Gasteiger partial charge in [-0.25, -0.2) is 0 Å². The molecule has 100 valence electrons. The molecule has 2 aromatic carbocycles. The summed E-state index contributed by atoms with van der Waals surface area (Å²) in [6.45, 7) is 0. The summed E-state index contributed by atoms with van der Waals surface area (Å²) in [7, 11) is 0.